The number of hydrogen-bond donors (Lipinski definition) is 1. The Morgan fingerprint density at radius 1 is 1.27 bits per heavy atom. The van der Waals surface area contributed by atoms with E-state index in [0.29, 0.717) is 0 Å². The van der Waals surface area contributed by atoms with Crippen molar-refractivity contribution < 1.29 is 10.3 Å². The second-order valence-electron chi connectivity index (χ2n) is 7.17. The van der Waals surface area contributed by atoms with Crippen molar-refractivity contribution in [2.75, 3.05) is 19.6 Å². The molecule has 1 atom stereocenters. The summed E-state index contributed by atoms with van der Waals surface area (Å²) in [4.78, 5) is 24.4. The highest BCUT2D eigenvalue weighted by Gasteiger charge is 2.22. The highest BCUT2D eigenvalue weighted by Crippen LogP contribution is 2.25. The third kappa shape index (κ3) is 5.37. The lowest BCUT2D eigenvalue weighted by atomic mass is 10.1. The smallest absolute Gasteiger partial charge is 0.240 e. The Balaban J connectivity index is 0.00000160. The number of halogens is 2. The molecule has 162 valence electrons. The van der Waals surface area contributed by atoms with Crippen LogP contribution >= 0.6 is 28.3 Å². The zero-order chi connectivity index (χ0) is 19.5. The van der Waals surface area contributed by atoms with Crippen LogP contribution in [0.15, 0.2) is 47.1 Å². The monoisotopic (exact) mass is 495 g/mol. The molecule has 1 amide bonds. The first kappa shape index (κ1) is 24.3. The largest absolute Gasteiger partial charge is 0.412 e. The van der Waals surface area contributed by atoms with Gasteiger partial charge in [-0.3, -0.25) is 9.36 Å². The van der Waals surface area contributed by atoms with E-state index in [0.717, 1.165) is 59.5 Å². The number of piperidine rings is 1. The van der Waals surface area contributed by atoms with Crippen LogP contribution in [0.5, 0.6) is 0 Å². The van der Waals surface area contributed by atoms with Crippen LogP contribution in [-0.4, -0.2) is 56.5 Å². The SMILES string of the molecule is CCN1CCCC(NC(=O)Cn2c(-c3ccc(Br)cc3)nc3cccnc32)C1.Cl.O. The predicted octanol–water partition coefficient (Wildman–Crippen LogP) is 3.06. The lowest BCUT2D eigenvalue weighted by molar-refractivity contribution is -0.122. The minimum atomic E-state index is 0. The first-order valence-electron chi connectivity index (χ1n) is 9.73. The number of aromatic nitrogens is 3. The van der Waals surface area contributed by atoms with Crippen LogP contribution in [0.2, 0.25) is 0 Å². The molecule has 0 aliphatic carbocycles. The number of benzene rings is 1. The summed E-state index contributed by atoms with van der Waals surface area (Å²) in [5, 5.41) is 3.21. The number of amides is 1. The van der Waals surface area contributed by atoms with Crippen LogP contribution in [0.4, 0.5) is 0 Å². The molecule has 0 spiro atoms. The molecule has 3 N–H and O–H groups in total. The van der Waals surface area contributed by atoms with Gasteiger partial charge in [0.1, 0.15) is 17.9 Å². The van der Waals surface area contributed by atoms with Crippen LogP contribution in [0, 0.1) is 0 Å². The number of carbonyl (C=O) groups is 1. The Morgan fingerprint density at radius 3 is 2.77 bits per heavy atom. The Labute approximate surface area is 190 Å². The molecule has 1 aliphatic rings. The van der Waals surface area contributed by atoms with Crippen LogP contribution in [0.25, 0.3) is 22.6 Å². The van der Waals surface area contributed by atoms with Gasteiger partial charge in [-0.25, -0.2) is 9.97 Å². The first-order valence-corrected chi connectivity index (χ1v) is 10.5. The van der Waals surface area contributed by atoms with Gasteiger partial charge in [-0.2, -0.15) is 0 Å². The maximum absolute atomic E-state index is 12.8. The summed E-state index contributed by atoms with van der Waals surface area (Å²) in [5.41, 5.74) is 2.49. The van der Waals surface area contributed by atoms with Gasteiger partial charge in [-0.1, -0.05) is 35.0 Å². The van der Waals surface area contributed by atoms with Gasteiger partial charge in [0.05, 0.1) is 0 Å². The average Bonchev–Trinajstić information content (AvgIpc) is 3.07. The van der Waals surface area contributed by atoms with Crippen molar-refractivity contribution in [2.45, 2.75) is 32.4 Å². The molecule has 9 heteroatoms. The summed E-state index contributed by atoms with van der Waals surface area (Å²) in [6, 6.07) is 12.0. The summed E-state index contributed by atoms with van der Waals surface area (Å²) < 4.78 is 2.92. The number of pyridine rings is 1. The van der Waals surface area contributed by atoms with E-state index in [1.54, 1.807) is 6.20 Å². The van der Waals surface area contributed by atoms with Crippen molar-refractivity contribution >= 4 is 45.4 Å². The summed E-state index contributed by atoms with van der Waals surface area (Å²) in [6.45, 7) is 5.44. The standard InChI is InChI=1S/C21H24BrN5O.ClH.H2O/c1-2-26-12-4-5-17(13-26)24-19(28)14-27-20(15-7-9-16(22)10-8-15)25-18-6-3-11-23-21(18)27;;/h3,6-11,17H,2,4-5,12-14H2,1H3,(H,24,28);1H;1H2. The van der Waals surface area contributed by atoms with Gasteiger partial charge in [-0.05, 0) is 50.2 Å². The fraction of sp³-hybridized carbons (Fsp3) is 0.381. The topological polar surface area (TPSA) is 94.6 Å². The summed E-state index contributed by atoms with van der Waals surface area (Å²) >= 11 is 3.47. The number of hydrogen-bond acceptors (Lipinski definition) is 4. The van der Waals surface area contributed by atoms with Crippen molar-refractivity contribution in [3.8, 4) is 11.4 Å². The molecule has 2 aromatic heterocycles. The van der Waals surface area contributed by atoms with Crippen LogP contribution < -0.4 is 5.32 Å². The molecule has 7 nitrogen and oxygen atoms in total. The zero-order valence-corrected chi connectivity index (χ0v) is 19.2. The number of carbonyl (C=O) groups excluding carboxylic acids is 1. The molecule has 1 fully saturated rings. The maximum atomic E-state index is 12.8. The third-order valence-corrected chi connectivity index (χ3v) is 5.75. The van der Waals surface area contributed by atoms with E-state index in [1.165, 1.54) is 0 Å². The van der Waals surface area contributed by atoms with E-state index >= 15 is 0 Å². The van der Waals surface area contributed by atoms with E-state index in [9.17, 15) is 4.79 Å². The lowest BCUT2D eigenvalue weighted by Crippen LogP contribution is -2.48. The van der Waals surface area contributed by atoms with Crippen molar-refractivity contribution in [3.05, 3.63) is 47.1 Å². The van der Waals surface area contributed by atoms with E-state index in [1.807, 2.05) is 41.0 Å². The van der Waals surface area contributed by atoms with Crippen LogP contribution in [0.3, 0.4) is 0 Å². The van der Waals surface area contributed by atoms with Crippen molar-refractivity contribution in [1.29, 1.82) is 0 Å². The highest BCUT2D eigenvalue weighted by molar-refractivity contribution is 9.10. The number of nitrogens with zero attached hydrogens (tertiary/aromatic N) is 4. The predicted molar refractivity (Wildman–Crippen MR) is 125 cm³/mol. The highest BCUT2D eigenvalue weighted by atomic mass is 79.9. The molecule has 1 aliphatic heterocycles. The number of likely N-dealkylation sites (tertiary alicyclic amines) is 1. The number of rotatable bonds is 5. The number of likely N-dealkylation sites (N-methyl/N-ethyl adjacent to an activating group) is 1. The molecule has 3 aromatic rings. The molecular weight excluding hydrogens is 470 g/mol. The fourth-order valence-corrected chi connectivity index (χ4v) is 4.07. The Kier molecular flexibility index (Phi) is 8.78. The average molecular weight is 497 g/mol. The minimum Gasteiger partial charge on any atom is -0.412 e. The zero-order valence-electron chi connectivity index (χ0n) is 16.8. The summed E-state index contributed by atoms with van der Waals surface area (Å²) in [6.07, 6.45) is 3.90. The number of nitrogens with one attached hydrogen (secondary N) is 1. The Hall–Kier alpha value is -2.00. The quantitative estimate of drug-likeness (QED) is 0.587. The van der Waals surface area contributed by atoms with Gasteiger partial charge in [-0.15, -0.1) is 12.4 Å². The van der Waals surface area contributed by atoms with Gasteiger partial charge in [0.25, 0.3) is 0 Å². The van der Waals surface area contributed by atoms with Crippen molar-refractivity contribution in [2.24, 2.45) is 0 Å². The van der Waals surface area contributed by atoms with Gasteiger partial charge in [0, 0.05) is 28.8 Å². The molecule has 0 saturated carbocycles. The Bertz CT molecular complexity index is 979. The minimum absolute atomic E-state index is 0. The second-order valence-corrected chi connectivity index (χ2v) is 8.09. The molecule has 30 heavy (non-hydrogen) atoms. The molecule has 0 bridgehead atoms. The van der Waals surface area contributed by atoms with Gasteiger partial charge >= 0.3 is 0 Å². The molecular formula is C21H27BrClN5O2. The van der Waals surface area contributed by atoms with Crippen molar-refractivity contribution in [1.82, 2.24) is 24.8 Å². The van der Waals surface area contributed by atoms with Gasteiger partial charge < -0.3 is 15.7 Å². The molecule has 0 radical (unpaired) electrons. The Morgan fingerprint density at radius 2 is 2.03 bits per heavy atom. The first-order chi connectivity index (χ1) is 13.6. The number of fused-ring (bicyclic) bond motifs is 1. The number of imidazole rings is 1. The fourth-order valence-electron chi connectivity index (χ4n) is 3.81. The molecule has 1 aromatic carbocycles. The van der Waals surface area contributed by atoms with Gasteiger partial charge in [0.15, 0.2) is 5.65 Å². The van der Waals surface area contributed by atoms with E-state index < -0.39 is 0 Å². The normalized spacial score (nSPS) is 16.5. The van der Waals surface area contributed by atoms with E-state index in [-0.39, 0.29) is 36.4 Å². The lowest BCUT2D eigenvalue weighted by Gasteiger charge is -2.32. The van der Waals surface area contributed by atoms with E-state index in [2.05, 4.69) is 38.1 Å². The van der Waals surface area contributed by atoms with Crippen LogP contribution in [0.1, 0.15) is 19.8 Å². The summed E-state index contributed by atoms with van der Waals surface area (Å²) in [7, 11) is 0. The molecule has 4 rings (SSSR count). The third-order valence-electron chi connectivity index (χ3n) is 5.23. The van der Waals surface area contributed by atoms with E-state index in [4.69, 9.17) is 4.98 Å². The summed E-state index contributed by atoms with van der Waals surface area (Å²) in [5.74, 6) is 0.765. The second kappa shape index (κ2) is 10.9. The molecule has 3 heterocycles. The molecule has 1 unspecified atom stereocenters. The van der Waals surface area contributed by atoms with Crippen LogP contribution in [-0.2, 0) is 11.3 Å². The van der Waals surface area contributed by atoms with Crippen molar-refractivity contribution in [3.63, 3.8) is 0 Å². The molecule has 1 saturated heterocycles. The maximum Gasteiger partial charge on any atom is 0.240 e. The van der Waals surface area contributed by atoms with Gasteiger partial charge in [0.2, 0.25) is 5.91 Å².